The maximum absolute atomic E-state index is 6.01. The fourth-order valence-corrected chi connectivity index (χ4v) is 1.64. The van der Waals surface area contributed by atoms with Crippen molar-refractivity contribution in [3.8, 4) is 0 Å². The molecule has 2 aromatic rings. The van der Waals surface area contributed by atoms with Crippen molar-refractivity contribution in [1.82, 2.24) is 9.97 Å². The van der Waals surface area contributed by atoms with Crippen molar-refractivity contribution in [2.45, 2.75) is 13.5 Å². The van der Waals surface area contributed by atoms with Gasteiger partial charge in [0.2, 0.25) is 0 Å². The van der Waals surface area contributed by atoms with Gasteiger partial charge in [-0.2, -0.15) is 0 Å². The molecular weight excluding hydrogens is 198 g/mol. The first-order valence-corrected chi connectivity index (χ1v) is 4.72. The summed E-state index contributed by atoms with van der Waals surface area (Å²) in [7, 11) is 0. The highest BCUT2D eigenvalue weighted by molar-refractivity contribution is 6.34. The van der Waals surface area contributed by atoms with Crippen LogP contribution in [0.15, 0.2) is 18.2 Å². The number of aromatic nitrogens is 2. The number of fused-ring (bicyclic) bond motifs is 1. The van der Waals surface area contributed by atoms with Crippen LogP contribution in [0.2, 0.25) is 5.15 Å². The van der Waals surface area contributed by atoms with E-state index in [1.807, 2.05) is 25.1 Å². The second-order valence-electron chi connectivity index (χ2n) is 3.11. The Morgan fingerprint density at radius 2 is 2.14 bits per heavy atom. The van der Waals surface area contributed by atoms with Gasteiger partial charge in [-0.05, 0) is 18.6 Å². The summed E-state index contributed by atoms with van der Waals surface area (Å²) < 4.78 is 0. The highest BCUT2D eigenvalue weighted by Crippen LogP contribution is 2.22. The molecule has 3 nitrogen and oxygen atoms in total. The van der Waals surface area contributed by atoms with Gasteiger partial charge in [-0.25, -0.2) is 9.97 Å². The molecule has 4 heteroatoms. The minimum absolute atomic E-state index is 0.310. The fraction of sp³-hybridized carbons (Fsp3) is 0.200. The maximum Gasteiger partial charge on any atom is 0.144 e. The van der Waals surface area contributed by atoms with Gasteiger partial charge in [0.05, 0.1) is 12.1 Å². The van der Waals surface area contributed by atoms with Crippen LogP contribution in [0.3, 0.4) is 0 Å². The SMILES string of the molecule is Cc1cccc2c(Cl)nc(CN)nc12. The molecule has 14 heavy (non-hydrogen) atoms. The molecule has 0 saturated heterocycles. The lowest BCUT2D eigenvalue weighted by Gasteiger charge is -2.04. The molecule has 0 unspecified atom stereocenters. The van der Waals surface area contributed by atoms with Crippen molar-refractivity contribution in [2.75, 3.05) is 0 Å². The Balaban J connectivity index is 2.83. The van der Waals surface area contributed by atoms with Gasteiger partial charge in [0.25, 0.3) is 0 Å². The van der Waals surface area contributed by atoms with Gasteiger partial charge in [-0.3, -0.25) is 0 Å². The average molecular weight is 208 g/mol. The van der Waals surface area contributed by atoms with Crippen LogP contribution in [-0.4, -0.2) is 9.97 Å². The molecule has 72 valence electrons. The third kappa shape index (κ3) is 1.45. The zero-order valence-corrected chi connectivity index (χ0v) is 8.54. The molecule has 0 aliphatic rings. The van der Waals surface area contributed by atoms with Gasteiger partial charge < -0.3 is 5.73 Å². The summed E-state index contributed by atoms with van der Waals surface area (Å²) in [6.45, 7) is 2.30. The summed E-state index contributed by atoms with van der Waals surface area (Å²) in [4.78, 5) is 8.42. The molecule has 0 saturated carbocycles. The number of para-hydroxylation sites is 1. The molecule has 0 aliphatic carbocycles. The predicted molar refractivity (Wildman–Crippen MR) is 57.2 cm³/mol. The molecular formula is C10H10ClN3. The standard InChI is InChI=1S/C10H10ClN3/c1-6-3-2-4-7-9(6)13-8(5-12)14-10(7)11/h2-4H,5,12H2,1H3. The number of hydrogen-bond donors (Lipinski definition) is 1. The molecule has 0 atom stereocenters. The summed E-state index contributed by atoms with van der Waals surface area (Å²) >= 11 is 6.01. The summed E-state index contributed by atoms with van der Waals surface area (Å²) in [6.07, 6.45) is 0. The molecule has 0 amide bonds. The lowest BCUT2D eigenvalue weighted by molar-refractivity contribution is 0.925. The summed E-state index contributed by atoms with van der Waals surface area (Å²) in [5.41, 5.74) is 7.44. The highest BCUT2D eigenvalue weighted by Gasteiger charge is 2.05. The van der Waals surface area contributed by atoms with E-state index in [-0.39, 0.29) is 0 Å². The van der Waals surface area contributed by atoms with Gasteiger partial charge in [-0.1, -0.05) is 23.7 Å². The minimum atomic E-state index is 0.310. The zero-order chi connectivity index (χ0) is 10.1. The van der Waals surface area contributed by atoms with Gasteiger partial charge in [0.1, 0.15) is 11.0 Å². The monoisotopic (exact) mass is 207 g/mol. The number of benzene rings is 1. The van der Waals surface area contributed by atoms with E-state index in [1.54, 1.807) is 0 Å². The third-order valence-corrected chi connectivity index (χ3v) is 2.40. The Bertz CT molecular complexity index is 482. The molecule has 1 heterocycles. The lowest BCUT2D eigenvalue weighted by atomic mass is 10.1. The van der Waals surface area contributed by atoms with Gasteiger partial charge in [0, 0.05) is 5.39 Å². The quantitative estimate of drug-likeness (QED) is 0.729. The van der Waals surface area contributed by atoms with Gasteiger partial charge in [-0.15, -0.1) is 0 Å². The second-order valence-corrected chi connectivity index (χ2v) is 3.46. The smallest absolute Gasteiger partial charge is 0.144 e. The van der Waals surface area contributed by atoms with E-state index >= 15 is 0 Å². The van der Waals surface area contributed by atoms with Crippen LogP contribution in [0.4, 0.5) is 0 Å². The number of hydrogen-bond acceptors (Lipinski definition) is 3. The maximum atomic E-state index is 6.01. The average Bonchev–Trinajstić information content (AvgIpc) is 2.19. The van der Waals surface area contributed by atoms with E-state index in [1.165, 1.54) is 0 Å². The molecule has 0 fully saturated rings. The van der Waals surface area contributed by atoms with Crippen LogP contribution >= 0.6 is 11.6 Å². The predicted octanol–water partition coefficient (Wildman–Crippen LogP) is 2.05. The van der Waals surface area contributed by atoms with Crippen LogP contribution in [0, 0.1) is 6.92 Å². The van der Waals surface area contributed by atoms with E-state index in [0.29, 0.717) is 17.5 Å². The Labute approximate surface area is 86.9 Å². The van der Waals surface area contributed by atoms with E-state index in [2.05, 4.69) is 9.97 Å². The van der Waals surface area contributed by atoms with Crippen LogP contribution < -0.4 is 5.73 Å². The first kappa shape index (κ1) is 9.37. The van der Waals surface area contributed by atoms with Crippen molar-refractivity contribution in [2.24, 2.45) is 5.73 Å². The lowest BCUT2D eigenvalue weighted by Crippen LogP contribution is -2.03. The Morgan fingerprint density at radius 3 is 2.86 bits per heavy atom. The van der Waals surface area contributed by atoms with Crippen molar-refractivity contribution in [3.05, 3.63) is 34.7 Å². The third-order valence-electron chi connectivity index (χ3n) is 2.11. The van der Waals surface area contributed by atoms with Crippen molar-refractivity contribution >= 4 is 22.5 Å². The molecule has 0 spiro atoms. The first-order chi connectivity index (χ1) is 6.72. The Kier molecular flexibility index (Phi) is 2.35. The second kappa shape index (κ2) is 3.52. The van der Waals surface area contributed by atoms with E-state index in [0.717, 1.165) is 16.5 Å². The Morgan fingerprint density at radius 1 is 1.36 bits per heavy atom. The van der Waals surface area contributed by atoms with Crippen molar-refractivity contribution in [3.63, 3.8) is 0 Å². The summed E-state index contributed by atoms with van der Waals surface area (Å²) in [5, 5.41) is 1.35. The molecule has 0 radical (unpaired) electrons. The Hall–Kier alpha value is -1.19. The molecule has 0 bridgehead atoms. The van der Waals surface area contributed by atoms with Gasteiger partial charge in [0.15, 0.2) is 0 Å². The minimum Gasteiger partial charge on any atom is -0.324 e. The zero-order valence-electron chi connectivity index (χ0n) is 7.79. The number of halogens is 1. The van der Waals surface area contributed by atoms with Crippen LogP contribution in [-0.2, 0) is 6.54 Å². The number of rotatable bonds is 1. The van der Waals surface area contributed by atoms with Crippen LogP contribution in [0.5, 0.6) is 0 Å². The van der Waals surface area contributed by atoms with Crippen LogP contribution in [0.25, 0.3) is 10.9 Å². The molecule has 2 N–H and O–H groups in total. The van der Waals surface area contributed by atoms with Crippen molar-refractivity contribution < 1.29 is 0 Å². The summed E-state index contributed by atoms with van der Waals surface area (Å²) in [6, 6.07) is 5.84. The van der Waals surface area contributed by atoms with Crippen molar-refractivity contribution in [1.29, 1.82) is 0 Å². The number of aryl methyl sites for hydroxylation is 1. The molecule has 2 rings (SSSR count). The van der Waals surface area contributed by atoms with E-state index < -0.39 is 0 Å². The molecule has 1 aromatic heterocycles. The number of nitrogens with two attached hydrogens (primary N) is 1. The fourth-order valence-electron chi connectivity index (χ4n) is 1.39. The molecule has 0 aliphatic heterocycles. The highest BCUT2D eigenvalue weighted by atomic mass is 35.5. The van der Waals surface area contributed by atoms with Gasteiger partial charge >= 0.3 is 0 Å². The van der Waals surface area contributed by atoms with Crippen LogP contribution in [0.1, 0.15) is 11.4 Å². The number of nitrogens with zero attached hydrogens (tertiary/aromatic N) is 2. The largest absolute Gasteiger partial charge is 0.324 e. The van der Waals surface area contributed by atoms with E-state index in [9.17, 15) is 0 Å². The molecule has 1 aromatic carbocycles. The topological polar surface area (TPSA) is 51.8 Å². The normalized spacial score (nSPS) is 10.8. The summed E-state index contributed by atoms with van der Waals surface area (Å²) in [5.74, 6) is 0.580. The first-order valence-electron chi connectivity index (χ1n) is 4.34. The van der Waals surface area contributed by atoms with E-state index in [4.69, 9.17) is 17.3 Å².